The van der Waals surface area contributed by atoms with E-state index in [9.17, 15) is 9.90 Å². The molecule has 110 valence electrons. The average molecular weight is 285 g/mol. The van der Waals surface area contributed by atoms with Crippen molar-refractivity contribution < 1.29 is 9.90 Å². The highest BCUT2D eigenvalue weighted by molar-refractivity contribution is 6.03. The van der Waals surface area contributed by atoms with Crippen molar-refractivity contribution in [2.24, 2.45) is 0 Å². The molecule has 5 heteroatoms. The number of likely N-dealkylation sites (N-methyl/N-ethyl adjacent to an activating group) is 1. The Morgan fingerprint density at radius 1 is 1.38 bits per heavy atom. The topological polar surface area (TPSA) is 56.7 Å². The van der Waals surface area contributed by atoms with E-state index < -0.39 is 5.97 Å². The minimum absolute atomic E-state index is 0.323. The van der Waals surface area contributed by atoms with Crippen molar-refractivity contribution in [2.75, 3.05) is 32.1 Å². The van der Waals surface area contributed by atoms with E-state index in [1.54, 1.807) is 6.07 Å². The van der Waals surface area contributed by atoms with Gasteiger partial charge < -0.3 is 14.9 Å². The Bertz CT molecular complexity index is 684. The Morgan fingerprint density at radius 2 is 2.14 bits per heavy atom. The summed E-state index contributed by atoms with van der Waals surface area (Å²) in [5.74, 6) is -0.145. The van der Waals surface area contributed by atoms with Crippen molar-refractivity contribution in [1.82, 2.24) is 9.88 Å². The van der Waals surface area contributed by atoms with Gasteiger partial charge in [0, 0.05) is 24.5 Å². The molecule has 0 radical (unpaired) electrons. The van der Waals surface area contributed by atoms with E-state index in [1.165, 1.54) is 0 Å². The van der Waals surface area contributed by atoms with E-state index in [0.717, 1.165) is 30.8 Å². The highest BCUT2D eigenvalue weighted by Crippen LogP contribution is 2.26. The third-order valence-electron chi connectivity index (χ3n) is 4.15. The van der Waals surface area contributed by atoms with E-state index in [4.69, 9.17) is 0 Å². The lowest BCUT2D eigenvalue weighted by Crippen LogP contribution is -2.31. The zero-order valence-electron chi connectivity index (χ0n) is 12.3. The van der Waals surface area contributed by atoms with Gasteiger partial charge in [-0.1, -0.05) is 18.2 Å². The second-order valence-electron chi connectivity index (χ2n) is 5.70. The van der Waals surface area contributed by atoms with Crippen LogP contribution in [0, 0.1) is 0 Å². The van der Waals surface area contributed by atoms with E-state index >= 15 is 0 Å². The van der Waals surface area contributed by atoms with Crippen LogP contribution in [0.3, 0.4) is 0 Å². The van der Waals surface area contributed by atoms with E-state index in [2.05, 4.69) is 28.9 Å². The van der Waals surface area contributed by atoms with Gasteiger partial charge in [0.15, 0.2) is 0 Å². The lowest BCUT2D eigenvalue weighted by Gasteiger charge is -2.21. The van der Waals surface area contributed by atoms with Gasteiger partial charge in [-0.15, -0.1) is 0 Å². The average Bonchev–Trinajstić information content (AvgIpc) is 2.96. The van der Waals surface area contributed by atoms with Gasteiger partial charge in [-0.25, -0.2) is 9.78 Å². The molecule has 5 nitrogen and oxygen atoms in total. The van der Waals surface area contributed by atoms with Crippen molar-refractivity contribution in [3.8, 4) is 0 Å². The molecule has 1 aromatic heterocycles. The van der Waals surface area contributed by atoms with Gasteiger partial charge in [-0.05, 0) is 32.6 Å². The molecule has 1 saturated heterocycles. The van der Waals surface area contributed by atoms with Crippen LogP contribution < -0.4 is 4.90 Å². The first-order valence-electron chi connectivity index (χ1n) is 7.10. The summed E-state index contributed by atoms with van der Waals surface area (Å²) in [7, 11) is 4.15. The summed E-state index contributed by atoms with van der Waals surface area (Å²) in [5.41, 5.74) is 1.06. The molecule has 1 fully saturated rings. The molecule has 1 atom stereocenters. The number of carboxylic acid groups (broad SMARTS) is 1. The van der Waals surface area contributed by atoms with Gasteiger partial charge in [0.25, 0.3) is 0 Å². The minimum Gasteiger partial charge on any atom is -0.478 e. The number of nitrogens with zero attached hydrogens (tertiary/aromatic N) is 3. The summed E-state index contributed by atoms with van der Waals surface area (Å²) in [6.45, 7) is 1.80. The van der Waals surface area contributed by atoms with Crippen LogP contribution in [0.5, 0.6) is 0 Å². The summed E-state index contributed by atoms with van der Waals surface area (Å²) in [4.78, 5) is 20.5. The molecule has 2 aromatic rings. The molecule has 0 spiro atoms. The van der Waals surface area contributed by atoms with Crippen LogP contribution in [-0.2, 0) is 0 Å². The van der Waals surface area contributed by atoms with Gasteiger partial charge in [0.05, 0.1) is 11.1 Å². The molecular weight excluding hydrogens is 266 g/mol. The van der Waals surface area contributed by atoms with Crippen molar-refractivity contribution >= 4 is 22.7 Å². The van der Waals surface area contributed by atoms with E-state index in [1.807, 2.05) is 24.3 Å². The van der Waals surface area contributed by atoms with E-state index in [0.29, 0.717) is 17.0 Å². The minimum atomic E-state index is -0.904. The molecule has 1 aliphatic rings. The zero-order valence-corrected chi connectivity index (χ0v) is 12.3. The summed E-state index contributed by atoms with van der Waals surface area (Å²) >= 11 is 0. The van der Waals surface area contributed by atoms with Crippen molar-refractivity contribution in [2.45, 2.75) is 12.5 Å². The first-order chi connectivity index (χ1) is 10.1. The first kappa shape index (κ1) is 13.8. The molecule has 0 saturated carbocycles. The van der Waals surface area contributed by atoms with Crippen LogP contribution in [0.1, 0.15) is 16.8 Å². The van der Waals surface area contributed by atoms with Gasteiger partial charge >= 0.3 is 5.97 Å². The lowest BCUT2D eigenvalue weighted by molar-refractivity contribution is 0.0699. The maximum Gasteiger partial charge on any atom is 0.336 e. The molecule has 0 aliphatic carbocycles. The Labute approximate surface area is 123 Å². The number of hydrogen-bond acceptors (Lipinski definition) is 4. The fourth-order valence-electron chi connectivity index (χ4n) is 2.87. The second kappa shape index (κ2) is 5.33. The molecular formula is C16H19N3O2. The summed E-state index contributed by atoms with van der Waals surface area (Å²) in [6.07, 6.45) is 1.07. The number of fused-ring (bicyclic) bond motifs is 1. The third kappa shape index (κ3) is 2.56. The van der Waals surface area contributed by atoms with Gasteiger partial charge in [0.1, 0.15) is 5.82 Å². The Morgan fingerprint density at radius 3 is 2.81 bits per heavy atom. The maximum absolute atomic E-state index is 11.5. The highest BCUT2D eigenvalue weighted by Gasteiger charge is 2.26. The number of carboxylic acids is 1. The molecule has 1 aromatic carbocycles. The van der Waals surface area contributed by atoms with Crippen molar-refractivity contribution in [1.29, 1.82) is 0 Å². The van der Waals surface area contributed by atoms with Crippen molar-refractivity contribution in [3.63, 3.8) is 0 Å². The number of benzene rings is 1. The number of para-hydroxylation sites is 1. The number of aromatic carboxylic acids is 1. The van der Waals surface area contributed by atoms with Crippen molar-refractivity contribution in [3.05, 3.63) is 35.9 Å². The number of anilines is 1. The zero-order chi connectivity index (χ0) is 15.0. The molecule has 0 bridgehead atoms. The number of pyridine rings is 1. The number of carbonyl (C=O) groups is 1. The van der Waals surface area contributed by atoms with Crippen LogP contribution in [0.25, 0.3) is 10.9 Å². The summed E-state index contributed by atoms with van der Waals surface area (Å²) in [5, 5.41) is 10.1. The molecule has 1 N–H and O–H groups in total. The van der Waals surface area contributed by atoms with Crippen LogP contribution in [-0.4, -0.2) is 54.2 Å². The standard InChI is InChI=1S/C16H19N3O2/c1-18(2)11-7-8-19(10-11)15-9-13(16(20)21)12-5-3-4-6-14(12)17-15/h3-6,9,11H,7-8,10H2,1-2H3,(H,20,21). The summed E-state index contributed by atoms with van der Waals surface area (Å²) < 4.78 is 0. The normalized spacial score (nSPS) is 18.6. The predicted molar refractivity (Wildman–Crippen MR) is 83.0 cm³/mol. The summed E-state index contributed by atoms with van der Waals surface area (Å²) in [6, 6.07) is 9.59. The van der Waals surface area contributed by atoms with Gasteiger partial charge in [-0.2, -0.15) is 0 Å². The molecule has 21 heavy (non-hydrogen) atoms. The largest absolute Gasteiger partial charge is 0.478 e. The number of aromatic nitrogens is 1. The quantitative estimate of drug-likeness (QED) is 0.935. The monoisotopic (exact) mass is 285 g/mol. The maximum atomic E-state index is 11.5. The number of hydrogen-bond donors (Lipinski definition) is 1. The molecule has 1 aliphatic heterocycles. The van der Waals surface area contributed by atoms with Crippen LogP contribution in [0.15, 0.2) is 30.3 Å². The smallest absolute Gasteiger partial charge is 0.336 e. The molecule has 3 rings (SSSR count). The SMILES string of the molecule is CN(C)C1CCN(c2cc(C(=O)O)c3ccccc3n2)C1. The first-order valence-corrected chi connectivity index (χ1v) is 7.10. The van der Waals surface area contributed by atoms with Crippen LogP contribution in [0.2, 0.25) is 0 Å². The Balaban J connectivity index is 2.02. The highest BCUT2D eigenvalue weighted by atomic mass is 16.4. The van der Waals surface area contributed by atoms with E-state index in [-0.39, 0.29) is 0 Å². The second-order valence-corrected chi connectivity index (χ2v) is 5.70. The predicted octanol–water partition coefficient (Wildman–Crippen LogP) is 2.07. The molecule has 0 amide bonds. The van der Waals surface area contributed by atoms with Gasteiger partial charge in [-0.3, -0.25) is 0 Å². The Hall–Kier alpha value is -2.14. The third-order valence-corrected chi connectivity index (χ3v) is 4.15. The van der Waals surface area contributed by atoms with Crippen LogP contribution in [0.4, 0.5) is 5.82 Å². The molecule has 1 unspecified atom stereocenters. The Kier molecular flexibility index (Phi) is 3.51. The fourth-order valence-corrected chi connectivity index (χ4v) is 2.87. The number of rotatable bonds is 3. The van der Waals surface area contributed by atoms with Gasteiger partial charge in [0.2, 0.25) is 0 Å². The molecule has 2 heterocycles. The van der Waals surface area contributed by atoms with Crippen LogP contribution >= 0.6 is 0 Å². The lowest BCUT2D eigenvalue weighted by atomic mass is 10.1. The fraction of sp³-hybridized carbons (Fsp3) is 0.375.